The van der Waals surface area contributed by atoms with Gasteiger partial charge in [0.2, 0.25) is 0 Å². The van der Waals surface area contributed by atoms with Gasteiger partial charge in [-0.15, -0.1) is 0 Å². The minimum atomic E-state index is -0.175. The van der Waals surface area contributed by atoms with Crippen LogP contribution in [0.3, 0.4) is 0 Å². The zero-order valence-corrected chi connectivity index (χ0v) is 8.84. The lowest BCUT2D eigenvalue weighted by atomic mass is 10.1. The average Bonchev–Trinajstić information content (AvgIpc) is 2.04. The van der Waals surface area contributed by atoms with Gasteiger partial charge in [-0.1, -0.05) is 11.6 Å². The van der Waals surface area contributed by atoms with Crippen molar-refractivity contribution < 1.29 is 4.84 Å². The van der Waals surface area contributed by atoms with Gasteiger partial charge in [-0.3, -0.25) is 0 Å². The fraction of sp³-hybridized carbons (Fsp3) is 0.900. The number of hydrogen-bond donors (Lipinski definition) is 1. The van der Waals surface area contributed by atoms with Gasteiger partial charge < -0.3 is 10.2 Å². The molecule has 0 aromatic carbocycles. The van der Waals surface area contributed by atoms with Gasteiger partial charge >= 0.3 is 0 Å². The first-order valence-electron chi connectivity index (χ1n) is 5.03. The number of piperidine rings is 1. The predicted octanol–water partition coefficient (Wildman–Crippen LogP) is 1.93. The van der Waals surface area contributed by atoms with E-state index in [4.69, 9.17) is 4.84 Å². The summed E-state index contributed by atoms with van der Waals surface area (Å²) in [6.45, 7) is 7.10. The molecule has 1 N–H and O–H groups in total. The van der Waals surface area contributed by atoms with E-state index in [1.807, 2.05) is 27.0 Å². The van der Waals surface area contributed by atoms with Crippen molar-refractivity contribution in [2.75, 3.05) is 6.54 Å². The molecule has 1 saturated heterocycles. The van der Waals surface area contributed by atoms with E-state index in [9.17, 15) is 0 Å². The van der Waals surface area contributed by atoms with Crippen molar-refractivity contribution in [3.8, 4) is 0 Å². The van der Waals surface area contributed by atoms with E-state index in [1.165, 1.54) is 19.3 Å². The molecule has 0 bridgehead atoms. The molecular formula is C10H20N2O. The molecule has 1 aliphatic rings. The summed E-state index contributed by atoms with van der Waals surface area (Å²) in [5.41, 5.74) is -0.175. The smallest absolute Gasteiger partial charge is 0.129 e. The van der Waals surface area contributed by atoms with Crippen LogP contribution in [0.2, 0.25) is 0 Å². The van der Waals surface area contributed by atoms with Crippen LogP contribution in [-0.4, -0.2) is 24.4 Å². The van der Waals surface area contributed by atoms with Crippen molar-refractivity contribution >= 4 is 6.21 Å². The normalized spacial score (nSPS) is 25.0. The number of rotatable bonds is 2. The first-order valence-corrected chi connectivity index (χ1v) is 5.03. The third-order valence-electron chi connectivity index (χ3n) is 1.92. The summed E-state index contributed by atoms with van der Waals surface area (Å²) in [5, 5.41) is 7.35. The van der Waals surface area contributed by atoms with Crippen LogP contribution in [0.25, 0.3) is 0 Å². The van der Waals surface area contributed by atoms with Gasteiger partial charge in [-0.05, 0) is 40.2 Å². The fourth-order valence-corrected chi connectivity index (χ4v) is 1.27. The molecule has 1 fully saturated rings. The Morgan fingerprint density at radius 2 is 2.15 bits per heavy atom. The molecular weight excluding hydrogens is 164 g/mol. The van der Waals surface area contributed by atoms with Crippen molar-refractivity contribution in [1.82, 2.24) is 5.32 Å². The Balaban J connectivity index is 2.22. The maximum atomic E-state index is 5.26. The average molecular weight is 184 g/mol. The van der Waals surface area contributed by atoms with Gasteiger partial charge in [0.25, 0.3) is 0 Å². The van der Waals surface area contributed by atoms with Crippen LogP contribution in [0.5, 0.6) is 0 Å². The minimum Gasteiger partial charge on any atom is -0.390 e. The summed E-state index contributed by atoms with van der Waals surface area (Å²) in [4.78, 5) is 5.26. The van der Waals surface area contributed by atoms with E-state index in [2.05, 4.69) is 10.5 Å². The molecule has 1 rings (SSSR count). The quantitative estimate of drug-likeness (QED) is 0.525. The largest absolute Gasteiger partial charge is 0.390 e. The van der Waals surface area contributed by atoms with Gasteiger partial charge in [0.1, 0.15) is 5.60 Å². The summed E-state index contributed by atoms with van der Waals surface area (Å²) >= 11 is 0. The molecule has 0 aromatic heterocycles. The Kier molecular flexibility index (Phi) is 3.72. The zero-order valence-electron chi connectivity index (χ0n) is 8.84. The van der Waals surface area contributed by atoms with Crippen molar-refractivity contribution in [3.63, 3.8) is 0 Å². The highest BCUT2D eigenvalue weighted by Gasteiger charge is 2.12. The van der Waals surface area contributed by atoms with E-state index in [-0.39, 0.29) is 5.60 Å². The van der Waals surface area contributed by atoms with E-state index >= 15 is 0 Å². The molecule has 1 unspecified atom stereocenters. The molecule has 0 spiro atoms. The third kappa shape index (κ3) is 4.88. The Morgan fingerprint density at radius 1 is 1.38 bits per heavy atom. The van der Waals surface area contributed by atoms with Crippen LogP contribution < -0.4 is 5.32 Å². The minimum absolute atomic E-state index is 0.175. The molecule has 0 aliphatic carbocycles. The lowest BCUT2D eigenvalue weighted by molar-refractivity contribution is 0.00126. The Morgan fingerprint density at radius 3 is 2.69 bits per heavy atom. The first-order chi connectivity index (χ1) is 6.08. The van der Waals surface area contributed by atoms with Crippen molar-refractivity contribution in [2.24, 2.45) is 5.16 Å². The molecule has 0 saturated carbocycles. The Hall–Kier alpha value is -0.570. The molecule has 0 amide bonds. The molecule has 3 heteroatoms. The van der Waals surface area contributed by atoms with Crippen LogP contribution in [0, 0.1) is 0 Å². The maximum Gasteiger partial charge on any atom is 0.129 e. The second-order valence-corrected chi connectivity index (χ2v) is 4.51. The molecule has 76 valence electrons. The zero-order chi connectivity index (χ0) is 9.73. The first kappa shape index (κ1) is 10.5. The van der Waals surface area contributed by atoms with Crippen molar-refractivity contribution in [2.45, 2.75) is 51.7 Å². The molecule has 0 radical (unpaired) electrons. The monoisotopic (exact) mass is 184 g/mol. The van der Waals surface area contributed by atoms with Crippen LogP contribution in [0.1, 0.15) is 40.0 Å². The molecule has 1 atom stereocenters. The number of hydrogen-bond acceptors (Lipinski definition) is 3. The maximum absolute atomic E-state index is 5.26. The Labute approximate surface area is 80.5 Å². The summed E-state index contributed by atoms with van der Waals surface area (Å²) < 4.78 is 0. The predicted molar refractivity (Wildman–Crippen MR) is 55.0 cm³/mol. The van der Waals surface area contributed by atoms with Gasteiger partial charge in [0, 0.05) is 6.04 Å². The highest BCUT2D eigenvalue weighted by Crippen LogP contribution is 2.08. The molecule has 1 aliphatic heterocycles. The molecule has 13 heavy (non-hydrogen) atoms. The van der Waals surface area contributed by atoms with E-state index in [0.717, 1.165) is 6.54 Å². The van der Waals surface area contributed by atoms with E-state index in [1.54, 1.807) is 0 Å². The Bertz CT molecular complexity index is 166. The second-order valence-electron chi connectivity index (χ2n) is 4.51. The van der Waals surface area contributed by atoms with Crippen molar-refractivity contribution in [3.05, 3.63) is 0 Å². The number of nitrogens with one attached hydrogen (secondary N) is 1. The van der Waals surface area contributed by atoms with Crippen LogP contribution in [0.15, 0.2) is 5.16 Å². The SMILES string of the molecule is CC(C)(C)ON=CC1CCCCN1. The third-order valence-corrected chi connectivity index (χ3v) is 1.92. The topological polar surface area (TPSA) is 33.6 Å². The lowest BCUT2D eigenvalue weighted by Gasteiger charge is -2.20. The molecule has 3 nitrogen and oxygen atoms in total. The van der Waals surface area contributed by atoms with Gasteiger partial charge in [0.15, 0.2) is 0 Å². The van der Waals surface area contributed by atoms with Crippen LogP contribution >= 0.6 is 0 Å². The number of oxime groups is 1. The highest BCUT2D eigenvalue weighted by atomic mass is 16.6. The van der Waals surface area contributed by atoms with Crippen LogP contribution in [0.4, 0.5) is 0 Å². The lowest BCUT2D eigenvalue weighted by Crippen LogP contribution is -2.35. The van der Waals surface area contributed by atoms with Gasteiger partial charge in [-0.25, -0.2) is 0 Å². The van der Waals surface area contributed by atoms with Gasteiger partial charge in [0.05, 0.1) is 6.21 Å². The molecule has 0 aromatic rings. The number of nitrogens with zero attached hydrogens (tertiary/aromatic N) is 1. The standard InChI is InChI=1S/C10H20N2O/c1-10(2,3)13-12-8-9-6-4-5-7-11-9/h8-9,11H,4-7H2,1-3H3. The van der Waals surface area contributed by atoms with E-state index in [0.29, 0.717) is 6.04 Å². The van der Waals surface area contributed by atoms with Crippen LogP contribution in [-0.2, 0) is 4.84 Å². The van der Waals surface area contributed by atoms with E-state index < -0.39 is 0 Å². The summed E-state index contributed by atoms with van der Waals surface area (Å²) in [7, 11) is 0. The summed E-state index contributed by atoms with van der Waals surface area (Å²) in [5.74, 6) is 0. The highest BCUT2D eigenvalue weighted by molar-refractivity contribution is 5.63. The molecule has 1 heterocycles. The second kappa shape index (κ2) is 4.61. The van der Waals surface area contributed by atoms with Gasteiger partial charge in [-0.2, -0.15) is 0 Å². The summed E-state index contributed by atoms with van der Waals surface area (Å²) in [6.07, 6.45) is 5.63. The van der Waals surface area contributed by atoms with Crippen molar-refractivity contribution in [1.29, 1.82) is 0 Å². The fourth-order valence-electron chi connectivity index (χ4n) is 1.27. The summed E-state index contributed by atoms with van der Waals surface area (Å²) in [6, 6.07) is 0.413.